The van der Waals surface area contributed by atoms with E-state index >= 15 is 0 Å². The second kappa shape index (κ2) is 9.35. The Morgan fingerprint density at radius 3 is 2.70 bits per heavy atom. The van der Waals surface area contributed by atoms with E-state index in [4.69, 9.17) is 4.74 Å². The molecule has 2 heterocycles. The topological polar surface area (TPSA) is 67.7 Å². The predicted molar refractivity (Wildman–Crippen MR) is 102 cm³/mol. The molecule has 150 valence electrons. The van der Waals surface area contributed by atoms with Crippen molar-refractivity contribution in [2.45, 2.75) is 70.1 Å². The van der Waals surface area contributed by atoms with Gasteiger partial charge < -0.3 is 19.1 Å². The summed E-state index contributed by atoms with van der Waals surface area (Å²) >= 11 is 0. The third kappa shape index (κ3) is 5.54. The molecule has 0 aromatic carbocycles. The molecular weight excluding hydrogens is 344 g/mol. The van der Waals surface area contributed by atoms with Gasteiger partial charge in [-0.05, 0) is 46.2 Å². The number of carbonyl (C=O) groups excluding carboxylic acids is 2. The van der Waals surface area contributed by atoms with Gasteiger partial charge in [-0.2, -0.15) is 0 Å². The number of likely N-dealkylation sites (tertiary alicyclic amines) is 1. The molecule has 1 atom stereocenters. The number of amides is 1. The highest BCUT2D eigenvalue weighted by Gasteiger charge is 2.27. The van der Waals surface area contributed by atoms with E-state index in [2.05, 4.69) is 24.0 Å². The normalized spacial score (nSPS) is 20.6. The van der Waals surface area contributed by atoms with Crippen LogP contribution in [0.4, 0.5) is 0 Å². The average Bonchev–Trinajstić information content (AvgIpc) is 3.38. The van der Waals surface area contributed by atoms with Gasteiger partial charge in [-0.3, -0.25) is 9.59 Å². The van der Waals surface area contributed by atoms with Crippen molar-refractivity contribution in [2.75, 3.05) is 27.2 Å². The number of ether oxygens (including phenoxy) is 1. The van der Waals surface area contributed by atoms with E-state index in [-0.39, 0.29) is 18.0 Å². The summed E-state index contributed by atoms with van der Waals surface area (Å²) in [4.78, 5) is 33.0. The Bertz CT molecular complexity index is 637. The summed E-state index contributed by atoms with van der Waals surface area (Å²) in [5, 5.41) is 0. The van der Waals surface area contributed by atoms with Crippen molar-refractivity contribution in [2.24, 2.45) is 0 Å². The van der Waals surface area contributed by atoms with Gasteiger partial charge in [0.25, 0.3) is 0 Å². The minimum atomic E-state index is -0.135. The highest BCUT2D eigenvalue weighted by Crippen LogP contribution is 2.21. The van der Waals surface area contributed by atoms with Crippen LogP contribution in [0.15, 0.2) is 12.4 Å². The second-order valence-corrected chi connectivity index (χ2v) is 7.93. The highest BCUT2D eigenvalue weighted by molar-refractivity contribution is 5.76. The number of esters is 1. The summed E-state index contributed by atoms with van der Waals surface area (Å²) in [5.74, 6) is 0.916. The molecule has 7 heteroatoms. The van der Waals surface area contributed by atoms with Crippen LogP contribution in [-0.2, 0) is 27.3 Å². The number of carbonyl (C=O) groups is 2. The van der Waals surface area contributed by atoms with Crippen LogP contribution in [0.25, 0.3) is 0 Å². The Hall–Kier alpha value is -1.89. The first-order valence-corrected chi connectivity index (χ1v) is 10.2. The van der Waals surface area contributed by atoms with E-state index in [9.17, 15) is 9.59 Å². The Kier molecular flexibility index (Phi) is 6.88. The minimum Gasteiger partial charge on any atom is -0.462 e. The quantitative estimate of drug-likeness (QED) is 0.648. The Morgan fingerprint density at radius 2 is 2.00 bits per heavy atom. The molecule has 7 nitrogen and oxygen atoms in total. The molecule has 1 aromatic heterocycles. The van der Waals surface area contributed by atoms with Crippen LogP contribution >= 0.6 is 0 Å². The summed E-state index contributed by atoms with van der Waals surface area (Å²) in [6, 6.07) is 0.460. The van der Waals surface area contributed by atoms with Crippen molar-refractivity contribution in [3.05, 3.63) is 18.2 Å². The Labute approximate surface area is 161 Å². The number of aromatic nitrogens is 2. The van der Waals surface area contributed by atoms with Crippen LogP contribution in [0.2, 0.25) is 0 Å². The maximum Gasteiger partial charge on any atom is 0.307 e. The molecule has 2 fully saturated rings. The van der Waals surface area contributed by atoms with Crippen LogP contribution in [-0.4, -0.2) is 70.6 Å². The van der Waals surface area contributed by atoms with Crippen molar-refractivity contribution in [1.82, 2.24) is 19.4 Å². The number of imidazole rings is 1. The fourth-order valence-electron chi connectivity index (χ4n) is 4.00. The van der Waals surface area contributed by atoms with Gasteiger partial charge in [0, 0.05) is 50.9 Å². The molecule has 0 unspecified atom stereocenters. The van der Waals surface area contributed by atoms with E-state index in [1.54, 1.807) is 6.20 Å². The molecule has 1 saturated heterocycles. The molecule has 1 aliphatic carbocycles. The summed E-state index contributed by atoms with van der Waals surface area (Å²) in [6.07, 6.45) is 10.5. The zero-order chi connectivity index (χ0) is 19.2. The lowest BCUT2D eigenvalue weighted by molar-refractivity contribution is -0.149. The smallest absolute Gasteiger partial charge is 0.307 e. The number of aryl methyl sites for hydroxylation is 2. The van der Waals surface area contributed by atoms with Gasteiger partial charge in [0.1, 0.15) is 11.9 Å². The van der Waals surface area contributed by atoms with Crippen molar-refractivity contribution >= 4 is 11.9 Å². The maximum absolute atomic E-state index is 12.5. The number of hydrogen-bond donors (Lipinski definition) is 0. The van der Waals surface area contributed by atoms with Gasteiger partial charge in [0.15, 0.2) is 0 Å². The molecule has 27 heavy (non-hydrogen) atoms. The Morgan fingerprint density at radius 1 is 1.22 bits per heavy atom. The lowest BCUT2D eigenvalue weighted by Gasteiger charge is -2.20. The third-order valence-corrected chi connectivity index (χ3v) is 5.77. The molecule has 0 bridgehead atoms. The van der Waals surface area contributed by atoms with Crippen LogP contribution in [0.5, 0.6) is 0 Å². The largest absolute Gasteiger partial charge is 0.462 e. The molecule has 3 rings (SSSR count). The van der Waals surface area contributed by atoms with E-state index in [1.165, 1.54) is 0 Å². The molecule has 1 amide bonds. The van der Waals surface area contributed by atoms with Gasteiger partial charge in [0.05, 0.1) is 6.42 Å². The maximum atomic E-state index is 12.5. The third-order valence-electron chi connectivity index (χ3n) is 5.77. The summed E-state index contributed by atoms with van der Waals surface area (Å²) in [7, 11) is 4.13. The number of hydrogen-bond acceptors (Lipinski definition) is 5. The first-order chi connectivity index (χ1) is 13.0. The zero-order valence-electron chi connectivity index (χ0n) is 16.6. The average molecular weight is 377 g/mol. The van der Waals surface area contributed by atoms with Gasteiger partial charge in [0.2, 0.25) is 5.91 Å². The molecule has 1 saturated carbocycles. The fraction of sp³-hybridized carbons (Fsp3) is 0.750. The van der Waals surface area contributed by atoms with E-state index in [1.807, 2.05) is 15.7 Å². The molecule has 2 aliphatic rings. The van der Waals surface area contributed by atoms with Crippen LogP contribution in [0.1, 0.15) is 50.8 Å². The summed E-state index contributed by atoms with van der Waals surface area (Å²) < 4.78 is 7.48. The number of likely N-dealkylation sites (N-methyl/N-ethyl adjacent to an activating group) is 1. The first-order valence-electron chi connectivity index (χ1n) is 10.2. The lowest BCUT2D eigenvalue weighted by atomic mass is 10.2. The molecule has 0 radical (unpaired) electrons. The van der Waals surface area contributed by atoms with E-state index < -0.39 is 0 Å². The summed E-state index contributed by atoms with van der Waals surface area (Å²) in [6.45, 7) is 2.21. The SMILES string of the molecule is CN(C)[C@H]1CCN(C(=O)CCc2nccn2CCC(=O)OC2CCCC2)C1. The monoisotopic (exact) mass is 376 g/mol. The van der Waals surface area contributed by atoms with E-state index in [0.29, 0.717) is 31.8 Å². The molecule has 0 spiro atoms. The summed E-state index contributed by atoms with van der Waals surface area (Å²) in [5.41, 5.74) is 0. The Balaban J connectivity index is 1.42. The van der Waals surface area contributed by atoms with Crippen LogP contribution in [0, 0.1) is 0 Å². The van der Waals surface area contributed by atoms with Crippen molar-refractivity contribution < 1.29 is 14.3 Å². The van der Waals surface area contributed by atoms with Gasteiger partial charge >= 0.3 is 5.97 Å². The van der Waals surface area contributed by atoms with Gasteiger partial charge in [-0.1, -0.05) is 0 Å². The van der Waals surface area contributed by atoms with E-state index in [0.717, 1.165) is 51.0 Å². The van der Waals surface area contributed by atoms with Gasteiger partial charge in [-0.25, -0.2) is 4.98 Å². The first kappa shape index (κ1) is 19.9. The van der Waals surface area contributed by atoms with Crippen molar-refractivity contribution in [1.29, 1.82) is 0 Å². The minimum absolute atomic E-state index is 0.115. The lowest BCUT2D eigenvalue weighted by Crippen LogP contribution is -2.34. The van der Waals surface area contributed by atoms with Crippen molar-refractivity contribution in [3.8, 4) is 0 Å². The highest BCUT2D eigenvalue weighted by atomic mass is 16.5. The van der Waals surface area contributed by atoms with Crippen molar-refractivity contribution in [3.63, 3.8) is 0 Å². The predicted octanol–water partition coefficient (Wildman–Crippen LogP) is 1.85. The molecular formula is C20H32N4O3. The molecule has 1 aliphatic heterocycles. The molecule has 0 N–H and O–H groups in total. The number of nitrogens with zero attached hydrogens (tertiary/aromatic N) is 4. The van der Waals surface area contributed by atoms with Gasteiger partial charge in [-0.15, -0.1) is 0 Å². The standard InChI is InChI=1S/C20H32N4O3/c1-22(2)16-9-12-24(15-16)19(25)8-7-18-21-11-14-23(18)13-10-20(26)27-17-5-3-4-6-17/h11,14,16-17H,3-10,12-13,15H2,1-2H3/t16-/m0/s1. The van der Waals surface area contributed by atoms with Crippen LogP contribution < -0.4 is 0 Å². The van der Waals surface area contributed by atoms with Crippen LogP contribution in [0.3, 0.4) is 0 Å². The number of rotatable bonds is 8. The zero-order valence-corrected chi connectivity index (χ0v) is 16.6. The fourth-order valence-corrected chi connectivity index (χ4v) is 4.00. The second-order valence-electron chi connectivity index (χ2n) is 7.93. The molecule has 1 aromatic rings.